The maximum absolute atomic E-state index is 11.9. The van der Waals surface area contributed by atoms with Gasteiger partial charge in [-0.15, -0.1) is 6.58 Å². The predicted molar refractivity (Wildman–Crippen MR) is 77.3 cm³/mol. The van der Waals surface area contributed by atoms with Crippen LogP contribution in [-0.2, 0) is 11.0 Å². The van der Waals surface area contributed by atoms with Crippen LogP contribution in [0, 0.1) is 0 Å². The molecule has 0 aromatic rings. The predicted octanol–water partition coefficient (Wildman–Crippen LogP) is 3.55. The number of unbranched alkanes of at least 4 members (excludes halogenated alkanes) is 1. The molecule has 0 heterocycles. The number of hydrogen-bond donors (Lipinski definition) is 1. The highest BCUT2D eigenvalue weighted by molar-refractivity contribution is 9.09. The van der Waals surface area contributed by atoms with Gasteiger partial charge in [0.15, 0.2) is 0 Å². The zero-order valence-corrected chi connectivity index (χ0v) is 13.0. The van der Waals surface area contributed by atoms with E-state index in [9.17, 15) is 4.21 Å². The number of nitrogens with one attached hydrogen (secondary N) is 1. The third-order valence-corrected chi connectivity index (χ3v) is 4.44. The summed E-state index contributed by atoms with van der Waals surface area (Å²) in [6.45, 7) is 9.71. The number of alkyl halides is 1. The first-order valence-corrected chi connectivity index (χ1v) is 8.04. The maximum atomic E-state index is 11.9. The molecule has 0 aromatic carbocycles. The van der Waals surface area contributed by atoms with Crippen molar-refractivity contribution < 1.29 is 4.21 Å². The Morgan fingerprint density at radius 3 is 2.50 bits per heavy atom. The maximum Gasteiger partial charge on any atom is 0.0972 e. The van der Waals surface area contributed by atoms with E-state index in [2.05, 4.69) is 27.2 Å². The third-order valence-electron chi connectivity index (χ3n) is 2.22. The topological polar surface area (TPSA) is 29.1 Å². The van der Waals surface area contributed by atoms with Crippen LogP contribution in [0.4, 0.5) is 0 Å². The number of rotatable bonds is 8. The van der Waals surface area contributed by atoms with Gasteiger partial charge in [0.2, 0.25) is 0 Å². The lowest BCUT2D eigenvalue weighted by Gasteiger charge is -2.23. The molecule has 96 valence electrons. The van der Waals surface area contributed by atoms with Crippen molar-refractivity contribution in [3.63, 3.8) is 0 Å². The van der Waals surface area contributed by atoms with E-state index in [-0.39, 0.29) is 10.8 Å². The van der Waals surface area contributed by atoms with Crippen molar-refractivity contribution in [1.29, 1.82) is 0 Å². The van der Waals surface area contributed by atoms with Gasteiger partial charge in [-0.25, -0.2) is 8.93 Å². The van der Waals surface area contributed by atoms with Crippen LogP contribution in [-0.4, -0.2) is 20.3 Å². The van der Waals surface area contributed by atoms with Crippen molar-refractivity contribution in [3.8, 4) is 0 Å². The van der Waals surface area contributed by atoms with E-state index in [4.69, 9.17) is 0 Å². The molecule has 0 unspecified atom stereocenters. The van der Waals surface area contributed by atoms with E-state index in [0.29, 0.717) is 0 Å². The quantitative estimate of drug-likeness (QED) is 0.415. The Balaban J connectivity index is 4.11. The van der Waals surface area contributed by atoms with Gasteiger partial charge in [0, 0.05) is 11.4 Å². The van der Waals surface area contributed by atoms with Gasteiger partial charge >= 0.3 is 0 Å². The minimum atomic E-state index is -0.984. The number of hydrogen-bond acceptors (Lipinski definition) is 1. The zero-order valence-electron chi connectivity index (χ0n) is 10.6. The highest BCUT2D eigenvalue weighted by atomic mass is 79.9. The molecule has 2 atom stereocenters. The number of halogens is 1. The normalized spacial score (nSPS) is 15.8. The fourth-order valence-corrected chi connectivity index (χ4v) is 2.51. The summed E-state index contributed by atoms with van der Waals surface area (Å²) in [5.74, 6) is 0. The van der Waals surface area contributed by atoms with E-state index in [1.807, 2.05) is 26.8 Å². The molecule has 0 aliphatic heterocycles. The standard InChI is InChI=1S/C12H24BrNOS/c1-5-8-11(9-6-7-10-13)14-16(15)12(2,3)4/h5,11,14H,1,6-10H2,2-4H3/t11-,16+/m0/s1. The molecule has 0 aromatic heterocycles. The first kappa shape index (κ1) is 16.3. The van der Waals surface area contributed by atoms with E-state index < -0.39 is 11.0 Å². The summed E-state index contributed by atoms with van der Waals surface area (Å²) in [6.07, 6.45) is 6.14. The fraction of sp³-hybridized carbons (Fsp3) is 0.833. The summed E-state index contributed by atoms with van der Waals surface area (Å²) in [6, 6.07) is 0.289. The molecule has 2 nitrogen and oxygen atoms in total. The Morgan fingerprint density at radius 1 is 1.44 bits per heavy atom. The van der Waals surface area contributed by atoms with Crippen LogP contribution < -0.4 is 4.72 Å². The summed E-state index contributed by atoms with van der Waals surface area (Å²) in [4.78, 5) is 0. The molecular weight excluding hydrogens is 286 g/mol. The SMILES string of the molecule is C=CC[C@@H](CCCCBr)N[S@](=O)C(C)(C)C. The van der Waals surface area contributed by atoms with Gasteiger partial charge in [0.05, 0.1) is 15.7 Å². The Bertz CT molecular complexity index is 226. The fourth-order valence-electron chi connectivity index (χ4n) is 1.24. The second-order valence-corrected chi connectivity index (χ2v) is 7.70. The Morgan fingerprint density at radius 2 is 2.06 bits per heavy atom. The summed E-state index contributed by atoms with van der Waals surface area (Å²) in [5.41, 5.74) is 0. The van der Waals surface area contributed by atoms with E-state index >= 15 is 0 Å². The van der Waals surface area contributed by atoms with Gasteiger partial charge in [0.1, 0.15) is 0 Å². The highest BCUT2D eigenvalue weighted by Gasteiger charge is 2.21. The van der Waals surface area contributed by atoms with Crippen LogP contribution >= 0.6 is 15.9 Å². The molecule has 16 heavy (non-hydrogen) atoms. The molecule has 0 aliphatic carbocycles. The third kappa shape index (κ3) is 7.58. The van der Waals surface area contributed by atoms with E-state index in [1.54, 1.807) is 0 Å². The van der Waals surface area contributed by atoms with Crippen molar-refractivity contribution in [3.05, 3.63) is 12.7 Å². The van der Waals surface area contributed by atoms with Gasteiger partial charge in [-0.3, -0.25) is 0 Å². The van der Waals surface area contributed by atoms with Crippen molar-refractivity contribution >= 4 is 26.9 Å². The molecule has 0 bridgehead atoms. The molecule has 0 saturated heterocycles. The van der Waals surface area contributed by atoms with Gasteiger partial charge in [-0.1, -0.05) is 28.4 Å². The molecule has 0 radical (unpaired) electrons. The molecule has 0 aliphatic rings. The van der Waals surface area contributed by atoms with E-state index in [0.717, 1.165) is 31.0 Å². The first-order valence-electron chi connectivity index (χ1n) is 5.76. The Kier molecular flexibility index (Phi) is 8.60. The van der Waals surface area contributed by atoms with Crippen LogP contribution in [0.2, 0.25) is 0 Å². The summed E-state index contributed by atoms with van der Waals surface area (Å²) in [5, 5.41) is 1.04. The van der Waals surface area contributed by atoms with Crippen molar-refractivity contribution in [2.45, 2.75) is 57.2 Å². The average molecular weight is 310 g/mol. The minimum Gasteiger partial charge on any atom is -0.242 e. The van der Waals surface area contributed by atoms with Gasteiger partial charge < -0.3 is 0 Å². The molecule has 0 spiro atoms. The Labute approximate surface area is 111 Å². The second-order valence-electron chi connectivity index (χ2n) is 4.91. The minimum absolute atomic E-state index is 0.200. The summed E-state index contributed by atoms with van der Waals surface area (Å²) in [7, 11) is -0.984. The van der Waals surface area contributed by atoms with Gasteiger partial charge in [-0.2, -0.15) is 0 Å². The highest BCUT2D eigenvalue weighted by Crippen LogP contribution is 2.13. The van der Waals surface area contributed by atoms with Crippen molar-refractivity contribution in [2.24, 2.45) is 0 Å². The molecule has 0 saturated carbocycles. The van der Waals surface area contributed by atoms with Crippen LogP contribution in [0.3, 0.4) is 0 Å². The summed E-state index contributed by atoms with van der Waals surface area (Å²) >= 11 is 3.42. The molecule has 0 fully saturated rings. The van der Waals surface area contributed by atoms with Crippen LogP contribution in [0.25, 0.3) is 0 Å². The molecular formula is C12H24BrNOS. The molecule has 4 heteroatoms. The van der Waals surface area contributed by atoms with Gasteiger partial charge in [0.25, 0.3) is 0 Å². The lowest BCUT2D eigenvalue weighted by Crippen LogP contribution is -2.39. The van der Waals surface area contributed by atoms with E-state index in [1.165, 1.54) is 0 Å². The Hall–Kier alpha value is 0.330. The average Bonchev–Trinajstić information content (AvgIpc) is 2.16. The monoisotopic (exact) mass is 309 g/mol. The lowest BCUT2D eigenvalue weighted by molar-refractivity contribution is 0.534. The molecule has 0 rings (SSSR count). The molecule has 1 N–H and O–H groups in total. The lowest BCUT2D eigenvalue weighted by atomic mass is 10.1. The van der Waals surface area contributed by atoms with Crippen LogP contribution in [0.15, 0.2) is 12.7 Å². The largest absolute Gasteiger partial charge is 0.242 e. The van der Waals surface area contributed by atoms with Crippen molar-refractivity contribution in [2.75, 3.05) is 5.33 Å². The van der Waals surface area contributed by atoms with Crippen molar-refractivity contribution in [1.82, 2.24) is 4.72 Å². The smallest absolute Gasteiger partial charge is 0.0972 e. The first-order chi connectivity index (χ1) is 7.41. The molecule has 0 amide bonds. The zero-order chi connectivity index (χ0) is 12.6. The van der Waals surface area contributed by atoms with Gasteiger partial charge in [-0.05, 0) is 40.0 Å². The second kappa shape index (κ2) is 8.43. The van der Waals surface area contributed by atoms with Crippen LogP contribution in [0.1, 0.15) is 46.5 Å². The summed E-state index contributed by atoms with van der Waals surface area (Å²) < 4.78 is 14.9. The van der Waals surface area contributed by atoms with Crippen LogP contribution in [0.5, 0.6) is 0 Å².